The molecular weight excluding hydrogens is 344 g/mol. The fraction of sp³-hybridized carbons (Fsp3) is 0.600. The summed E-state index contributed by atoms with van der Waals surface area (Å²) in [7, 11) is 5.06. The Kier molecular flexibility index (Phi) is 5.21. The maximum absolute atomic E-state index is 6.62. The van der Waals surface area contributed by atoms with Crippen molar-refractivity contribution in [1.82, 2.24) is 0 Å². The number of hydrogen-bond donors (Lipinski definition) is 0. The van der Waals surface area contributed by atoms with Crippen LogP contribution in [-0.2, 0) is 4.74 Å². The largest absolute Gasteiger partial charge is 0.496 e. The van der Waals surface area contributed by atoms with E-state index in [1.54, 1.807) is 21.3 Å². The third-order valence-electron chi connectivity index (χ3n) is 4.09. The lowest BCUT2D eigenvalue weighted by atomic mass is 9.76. The van der Waals surface area contributed by atoms with Crippen LogP contribution < -0.4 is 9.47 Å². The first-order valence-corrected chi connectivity index (χ1v) is 7.89. The van der Waals surface area contributed by atoms with Gasteiger partial charge in [-0.3, -0.25) is 0 Å². The summed E-state index contributed by atoms with van der Waals surface area (Å²) in [5.74, 6) is 1.52. The van der Waals surface area contributed by atoms with Crippen LogP contribution in [0.15, 0.2) is 16.6 Å². The van der Waals surface area contributed by atoms with Crippen LogP contribution in [0.3, 0.4) is 0 Å². The molecule has 1 atom stereocenters. The highest BCUT2D eigenvalue weighted by atomic mass is 79.9. The molecule has 1 aliphatic carbocycles. The van der Waals surface area contributed by atoms with Crippen LogP contribution in [-0.4, -0.2) is 26.9 Å². The van der Waals surface area contributed by atoms with E-state index < -0.39 is 0 Å². The summed E-state index contributed by atoms with van der Waals surface area (Å²) in [6, 6.07) is 3.83. The standard InChI is InChI=1S/C15H20BrClO3/c1-18-13-8-11(16)14(19-2)7-10(13)12(17)9-15(20-3)5-4-6-15/h7-8,12H,4-6,9H2,1-3H3. The van der Waals surface area contributed by atoms with Crippen LogP contribution in [0.1, 0.15) is 36.6 Å². The fourth-order valence-electron chi connectivity index (χ4n) is 2.63. The van der Waals surface area contributed by atoms with Crippen LogP contribution in [0.5, 0.6) is 11.5 Å². The summed E-state index contributed by atoms with van der Waals surface area (Å²) >= 11 is 10.1. The molecule has 0 heterocycles. The number of methoxy groups -OCH3 is 3. The van der Waals surface area contributed by atoms with Crippen molar-refractivity contribution in [2.75, 3.05) is 21.3 Å². The van der Waals surface area contributed by atoms with Crippen LogP contribution in [0.4, 0.5) is 0 Å². The molecule has 0 aromatic heterocycles. The summed E-state index contributed by atoms with van der Waals surface area (Å²) in [5, 5.41) is -0.160. The van der Waals surface area contributed by atoms with Crippen molar-refractivity contribution >= 4 is 27.5 Å². The molecule has 1 aliphatic rings. The Morgan fingerprint density at radius 2 is 1.85 bits per heavy atom. The number of ether oxygens (including phenoxy) is 3. The van der Waals surface area contributed by atoms with Gasteiger partial charge in [-0.1, -0.05) is 0 Å². The van der Waals surface area contributed by atoms with E-state index in [2.05, 4.69) is 15.9 Å². The molecule has 0 saturated heterocycles. The third-order valence-corrected chi connectivity index (χ3v) is 5.10. The van der Waals surface area contributed by atoms with E-state index in [-0.39, 0.29) is 11.0 Å². The van der Waals surface area contributed by atoms with E-state index >= 15 is 0 Å². The Labute approximate surface area is 133 Å². The fourth-order valence-corrected chi connectivity index (χ4v) is 3.56. The molecule has 0 spiro atoms. The van der Waals surface area contributed by atoms with Gasteiger partial charge in [0.2, 0.25) is 0 Å². The van der Waals surface area contributed by atoms with Gasteiger partial charge in [0.15, 0.2) is 0 Å². The van der Waals surface area contributed by atoms with Gasteiger partial charge in [-0.05, 0) is 53.7 Å². The van der Waals surface area contributed by atoms with Gasteiger partial charge in [0, 0.05) is 12.7 Å². The molecule has 5 heteroatoms. The molecule has 2 rings (SSSR count). The van der Waals surface area contributed by atoms with Gasteiger partial charge in [-0.25, -0.2) is 0 Å². The Balaban J connectivity index is 2.26. The second-order valence-electron chi connectivity index (χ2n) is 5.14. The number of rotatable bonds is 6. The van der Waals surface area contributed by atoms with Crippen molar-refractivity contribution < 1.29 is 14.2 Å². The van der Waals surface area contributed by atoms with E-state index in [4.69, 9.17) is 25.8 Å². The molecule has 0 amide bonds. The highest BCUT2D eigenvalue weighted by Gasteiger charge is 2.39. The van der Waals surface area contributed by atoms with Crippen LogP contribution >= 0.6 is 27.5 Å². The summed E-state index contributed by atoms with van der Waals surface area (Å²) in [4.78, 5) is 0. The minimum atomic E-state index is -0.160. The van der Waals surface area contributed by atoms with E-state index in [0.29, 0.717) is 0 Å². The summed E-state index contributed by atoms with van der Waals surface area (Å²) in [6.45, 7) is 0. The number of halogens is 2. The first-order chi connectivity index (χ1) is 9.55. The normalized spacial score (nSPS) is 18.2. The molecular formula is C15H20BrClO3. The first-order valence-electron chi connectivity index (χ1n) is 6.66. The van der Waals surface area contributed by atoms with Gasteiger partial charge in [0.25, 0.3) is 0 Å². The second-order valence-corrected chi connectivity index (χ2v) is 6.52. The molecule has 1 saturated carbocycles. The predicted molar refractivity (Wildman–Crippen MR) is 84.0 cm³/mol. The topological polar surface area (TPSA) is 27.7 Å². The van der Waals surface area contributed by atoms with E-state index in [1.807, 2.05) is 12.1 Å². The molecule has 20 heavy (non-hydrogen) atoms. The Morgan fingerprint density at radius 1 is 1.20 bits per heavy atom. The van der Waals surface area contributed by atoms with Gasteiger partial charge in [-0.15, -0.1) is 11.6 Å². The smallest absolute Gasteiger partial charge is 0.133 e. The molecule has 1 fully saturated rings. The van der Waals surface area contributed by atoms with Gasteiger partial charge >= 0.3 is 0 Å². The second kappa shape index (κ2) is 6.54. The lowest BCUT2D eigenvalue weighted by Gasteiger charge is -2.42. The third kappa shape index (κ3) is 3.07. The summed E-state index contributed by atoms with van der Waals surface area (Å²) < 4.78 is 17.3. The molecule has 1 aromatic rings. The zero-order valence-electron chi connectivity index (χ0n) is 12.0. The Hall–Kier alpha value is -0.450. The molecule has 1 unspecified atom stereocenters. The number of hydrogen-bond acceptors (Lipinski definition) is 3. The predicted octanol–water partition coefficient (Wildman–Crippen LogP) is 4.71. The quantitative estimate of drug-likeness (QED) is 0.685. The van der Waals surface area contributed by atoms with Gasteiger partial charge in [-0.2, -0.15) is 0 Å². The van der Waals surface area contributed by atoms with Crippen molar-refractivity contribution in [3.8, 4) is 11.5 Å². The first kappa shape index (κ1) is 15.9. The average molecular weight is 364 g/mol. The zero-order chi connectivity index (χ0) is 14.8. The SMILES string of the molecule is COc1cc(C(Cl)CC2(OC)CCC2)c(OC)cc1Br. The average Bonchev–Trinajstić information content (AvgIpc) is 2.42. The number of benzene rings is 1. The lowest BCUT2D eigenvalue weighted by Crippen LogP contribution is -2.39. The van der Waals surface area contributed by atoms with Gasteiger partial charge in [0.1, 0.15) is 11.5 Å². The molecule has 112 valence electrons. The van der Waals surface area contributed by atoms with Crippen molar-refractivity contribution in [3.63, 3.8) is 0 Å². The molecule has 0 aliphatic heterocycles. The minimum absolute atomic E-state index is 0.0717. The summed E-state index contributed by atoms with van der Waals surface area (Å²) in [5.41, 5.74) is 0.870. The van der Waals surface area contributed by atoms with Gasteiger partial charge < -0.3 is 14.2 Å². The zero-order valence-corrected chi connectivity index (χ0v) is 14.4. The Morgan fingerprint density at radius 3 is 2.30 bits per heavy atom. The molecule has 0 radical (unpaired) electrons. The van der Waals surface area contributed by atoms with Crippen molar-refractivity contribution in [2.24, 2.45) is 0 Å². The van der Waals surface area contributed by atoms with E-state index in [1.165, 1.54) is 6.42 Å². The highest BCUT2D eigenvalue weighted by molar-refractivity contribution is 9.10. The van der Waals surface area contributed by atoms with E-state index in [9.17, 15) is 0 Å². The van der Waals surface area contributed by atoms with Crippen LogP contribution in [0, 0.1) is 0 Å². The van der Waals surface area contributed by atoms with Crippen molar-refractivity contribution in [2.45, 2.75) is 36.7 Å². The molecule has 1 aromatic carbocycles. The monoisotopic (exact) mass is 362 g/mol. The van der Waals surface area contributed by atoms with Crippen molar-refractivity contribution in [3.05, 3.63) is 22.2 Å². The minimum Gasteiger partial charge on any atom is -0.496 e. The maximum Gasteiger partial charge on any atom is 0.133 e. The number of alkyl halides is 1. The molecule has 0 bridgehead atoms. The van der Waals surface area contributed by atoms with Crippen molar-refractivity contribution in [1.29, 1.82) is 0 Å². The maximum atomic E-state index is 6.62. The Bertz CT molecular complexity index is 469. The van der Waals surface area contributed by atoms with Gasteiger partial charge in [0.05, 0.1) is 29.7 Å². The highest BCUT2D eigenvalue weighted by Crippen LogP contribution is 2.47. The van der Waals surface area contributed by atoms with Crippen LogP contribution in [0.25, 0.3) is 0 Å². The van der Waals surface area contributed by atoms with Crippen LogP contribution in [0.2, 0.25) is 0 Å². The molecule has 3 nitrogen and oxygen atoms in total. The van der Waals surface area contributed by atoms with E-state index in [0.717, 1.165) is 40.8 Å². The lowest BCUT2D eigenvalue weighted by molar-refractivity contribution is -0.0780. The summed E-state index contributed by atoms with van der Waals surface area (Å²) in [6.07, 6.45) is 4.13. The molecule has 0 N–H and O–H groups in total.